The number of carbonyl (C=O) groups is 2. The van der Waals surface area contributed by atoms with E-state index >= 15 is 0 Å². The van der Waals surface area contributed by atoms with E-state index in [1.165, 1.54) is 14.2 Å². The molecule has 0 saturated carbocycles. The molecule has 0 unspecified atom stereocenters. The van der Waals surface area contributed by atoms with Gasteiger partial charge in [0.25, 0.3) is 0 Å². The van der Waals surface area contributed by atoms with Crippen LogP contribution in [0.2, 0.25) is 0 Å². The average molecular weight is 454 g/mol. The van der Waals surface area contributed by atoms with Crippen molar-refractivity contribution in [3.8, 4) is 23.0 Å². The van der Waals surface area contributed by atoms with E-state index in [4.69, 9.17) is 28.4 Å². The molecule has 2 aromatic rings. The van der Waals surface area contributed by atoms with Gasteiger partial charge in [-0.25, -0.2) is 9.59 Å². The molecule has 1 aliphatic rings. The molecule has 0 bridgehead atoms. The van der Waals surface area contributed by atoms with E-state index in [1.54, 1.807) is 62.4 Å². The molecule has 0 atom stereocenters. The van der Waals surface area contributed by atoms with Crippen LogP contribution < -0.4 is 18.9 Å². The number of benzene rings is 2. The summed E-state index contributed by atoms with van der Waals surface area (Å²) in [7, 11) is 3.05. The normalized spacial score (nSPS) is 12.8. The Morgan fingerprint density at radius 1 is 0.788 bits per heavy atom. The first-order chi connectivity index (χ1) is 16.0. The molecule has 2 aromatic carbocycles. The molecule has 0 saturated heterocycles. The fourth-order valence-electron chi connectivity index (χ4n) is 3.19. The number of fused-ring (bicyclic) bond motifs is 1. The number of methoxy groups -OCH3 is 2. The molecule has 174 valence electrons. The highest BCUT2D eigenvalue weighted by Gasteiger charge is 2.24. The minimum absolute atomic E-state index is 0.0418. The van der Waals surface area contributed by atoms with Crippen LogP contribution in [0.25, 0.3) is 12.2 Å². The SMILES string of the molecule is CCOC(=O)C(=C/c1ccc(OC)c(OC)c1)/C(=C\c1ccc2c(c1)OCO2)C(=O)OCC. The number of rotatable bonds is 9. The van der Waals surface area contributed by atoms with Gasteiger partial charge in [-0.1, -0.05) is 12.1 Å². The first-order valence-corrected chi connectivity index (χ1v) is 10.4. The molecule has 33 heavy (non-hydrogen) atoms. The first-order valence-electron chi connectivity index (χ1n) is 10.4. The van der Waals surface area contributed by atoms with Gasteiger partial charge in [0.05, 0.1) is 38.6 Å². The predicted molar refractivity (Wildman–Crippen MR) is 121 cm³/mol. The van der Waals surface area contributed by atoms with Gasteiger partial charge < -0.3 is 28.4 Å². The number of hydrogen-bond acceptors (Lipinski definition) is 8. The van der Waals surface area contributed by atoms with Crippen molar-refractivity contribution >= 4 is 24.1 Å². The van der Waals surface area contributed by atoms with Gasteiger partial charge in [-0.15, -0.1) is 0 Å². The fourth-order valence-corrected chi connectivity index (χ4v) is 3.19. The average Bonchev–Trinajstić information content (AvgIpc) is 3.29. The molecule has 1 heterocycles. The van der Waals surface area contributed by atoms with E-state index in [0.29, 0.717) is 34.1 Å². The zero-order valence-corrected chi connectivity index (χ0v) is 19.0. The first kappa shape index (κ1) is 23.7. The Kier molecular flexibility index (Phi) is 7.96. The third kappa shape index (κ3) is 5.65. The van der Waals surface area contributed by atoms with Crippen molar-refractivity contribution < 1.29 is 38.0 Å². The van der Waals surface area contributed by atoms with Crippen LogP contribution >= 0.6 is 0 Å². The van der Waals surface area contributed by atoms with Crippen LogP contribution in [0.5, 0.6) is 23.0 Å². The standard InChI is InChI=1S/C25H26O8/c1-5-30-24(26)18(11-16-7-9-20(28-3)22(13-16)29-4)19(25(27)31-6-2)12-17-8-10-21-23(14-17)33-15-32-21/h7-14H,5-6,15H2,1-4H3/b18-11+,19-12+. The maximum absolute atomic E-state index is 12.9. The lowest BCUT2D eigenvalue weighted by Crippen LogP contribution is -2.17. The monoisotopic (exact) mass is 454 g/mol. The van der Waals surface area contributed by atoms with E-state index in [0.717, 1.165) is 0 Å². The summed E-state index contributed by atoms with van der Waals surface area (Å²) in [6.45, 7) is 3.79. The van der Waals surface area contributed by atoms with Gasteiger partial charge in [-0.05, 0) is 61.4 Å². The quantitative estimate of drug-likeness (QED) is 0.319. The summed E-state index contributed by atoms with van der Waals surface area (Å²) >= 11 is 0. The van der Waals surface area contributed by atoms with E-state index in [1.807, 2.05) is 0 Å². The van der Waals surface area contributed by atoms with Crippen molar-refractivity contribution in [1.82, 2.24) is 0 Å². The minimum atomic E-state index is -0.660. The second kappa shape index (κ2) is 11.1. The van der Waals surface area contributed by atoms with Crippen LogP contribution in [0, 0.1) is 0 Å². The molecule has 0 fully saturated rings. The lowest BCUT2D eigenvalue weighted by Gasteiger charge is -2.13. The zero-order valence-electron chi connectivity index (χ0n) is 19.0. The molecule has 1 aliphatic heterocycles. The second-order valence-electron chi connectivity index (χ2n) is 6.78. The van der Waals surface area contributed by atoms with Crippen LogP contribution in [-0.2, 0) is 19.1 Å². The summed E-state index contributed by atoms with van der Waals surface area (Å²) in [5.74, 6) is 0.854. The van der Waals surface area contributed by atoms with Crippen molar-refractivity contribution in [3.05, 3.63) is 58.7 Å². The Morgan fingerprint density at radius 3 is 1.91 bits per heavy atom. The molecular formula is C25H26O8. The van der Waals surface area contributed by atoms with Crippen LogP contribution in [0.1, 0.15) is 25.0 Å². The number of esters is 2. The van der Waals surface area contributed by atoms with Crippen molar-refractivity contribution in [2.24, 2.45) is 0 Å². The number of ether oxygens (including phenoxy) is 6. The molecule has 0 spiro atoms. The Hall–Kier alpha value is -3.94. The largest absolute Gasteiger partial charge is 0.493 e. The van der Waals surface area contributed by atoms with Gasteiger partial charge in [0.2, 0.25) is 6.79 Å². The van der Waals surface area contributed by atoms with Crippen LogP contribution in [0.4, 0.5) is 0 Å². The lowest BCUT2D eigenvalue weighted by atomic mass is 9.99. The molecule has 0 aromatic heterocycles. The molecule has 8 heteroatoms. The van der Waals surface area contributed by atoms with Gasteiger partial charge in [0, 0.05) is 0 Å². The summed E-state index contributed by atoms with van der Waals surface area (Å²) in [6.07, 6.45) is 3.11. The lowest BCUT2D eigenvalue weighted by molar-refractivity contribution is -0.141. The maximum atomic E-state index is 12.9. The highest BCUT2D eigenvalue weighted by Crippen LogP contribution is 2.34. The van der Waals surface area contributed by atoms with E-state index in [-0.39, 0.29) is 31.2 Å². The van der Waals surface area contributed by atoms with Crippen molar-refractivity contribution in [2.45, 2.75) is 13.8 Å². The molecule has 0 radical (unpaired) electrons. The van der Waals surface area contributed by atoms with E-state index in [9.17, 15) is 9.59 Å². The zero-order chi connectivity index (χ0) is 23.8. The third-order valence-corrected chi connectivity index (χ3v) is 4.71. The molecule has 3 rings (SSSR count). The number of hydrogen-bond donors (Lipinski definition) is 0. The second-order valence-corrected chi connectivity index (χ2v) is 6.78. The topological polar surface area (TPSA) is 89.5 Å². The molecular weight excluding hydrogens is 428 g/mol. The fraction of sp³-hybridized carbons (Fsp3) is 0.280. The molecule has 0 N–H and O–H groups in total. The Bertz CT molecular complexity index is 1080. The van der Waals surface area contributed by atoms with Gasteiger partial charge in [-0.2, -0.15) is 0 Å². The minimum Gasteiger partial charge on any atom is -0.493 e. The highest BCUT2D eigenvalue weighted by atomic mass is 16.7. The van der Waals surface area contributed by atoms with E-state index < -0.39 is 11.9 Å². The summed E-state index contributed by atoms with van der Waals surface area (Å²) < 4.78 is 31.9. The Morgan fingerprint density at radius 2 is 1.33 bits per heavy atom. The summed E-state index contributed by atoms with van der Waals surface area (Å²) in [4.78, 5) is 25.8. The van der Waals surface area contributed by atoms with Crippen molar-refractivity contribution in [1.29, 1.82) is 0 Å². The van der Waals surface area contributed by atoms with E-state index in [2.05, 4.69) is 0 Å². The van der Waals surface area contributed by atoms with Crippen LogP contribution in [0.15, 0.2) is 47.5 Å². The number of carbonyl (C=O) groups excluding carboxylic acids is 2. The molecule has 0 aliphatic carbocycles. The van der Waals surface area contributed by atoms with Crippen LogP contribution in [-0.4, -0.2) is 46.2 Å². The Labute approximate surface area is 192 Å². The van der Waals surface area contributed by atoms with Gasteiger partial charge in [-0.3, -0.25) is 0 Å². The Balaban J connectivity index is 2.13. The smallest absolute Gasteiger partial charge is 0.339 e. The highest BCUT2D eigenvalue weighted by molar-refractivity contribution is 6.12. The van der Waals surface area contributed by atoms with Gasteiger partial charge in [0.1, 0.15) is 0 Å². The predicted octanol–water partition coefficient (Wildman–Crippen LogP) is 4.03. The summed E-state index contributed by atoms with van der Waals surface area (Å²) in [5.41, 5.74) is 1.32. The maximum Gasteiger partial charge on any atom is 0.339 e. The van der Waals surface area contributed by atoms with Crippen molar-refractivity contribution in [3.63, 3.8) is 0 Å². The van der Waals surface area contributed by atoms with Gasteiger partial charge in [0.15, 0.2) is 23.0 Å². The van der Waals surface area contributed by atoms with Crippen molar-refractivity contribution in [2.75, 3.05) is 34.2 Å². The van der Waals surface area contributed by atoms with Crippen LogP contribution in [0.3, 0.4) is 0 Å². The summed E-state index contributed by atoms with van der Waals surface area (Å²) in [5, 5.41) is 0. The van der Waals surface area contributed by atoms with Gasteiger partial charge >= 0.3 is 11.9 Å². The molecule has 0 amide bonds. The summed E-state index contributed by atoms with van der Waals surface area (Å²) in [6, 6.07) is 10.4. The third-order valence-electron chi connectivity index (χ3n) is 4.71. The molecule has 8 nitrogen and oxygen atoms in total.